The highest BCUT2D eigenvalue weighted by Gasteiger charge is 2.02. The third-order valence-electron chi connectivity index (χ3n) is 3.05. The van der Waals surface area contributed by atoms with Crippen LogP contribution in [0, 0.1) is 0 Å². The molecule has 0 unspecified atom stereocenters. The van der Waals surface area contributed by atoms with E-state index in [0.29, 0.717) is 16.2 Å². The van der Waals surface area contributed by atoms with Gasteiger partial charge in [-0.25, -0.2) is 4.98 Å². The summed E-state index contributed by atoms with van der Waals surface area (Å²) in [4.78, 5) is 10.1. The van der Waals surface area contributed by atoms with Gasteiger partial charge >= 0.3 is 0 Å². The van der Waals surface area contributed by atoms with Crippen molar-refractivity contribution in [1.29, 1.82) is 0 Å². The highest BCUT2D eigenvalue weighted by Crippen LogP contribution is 2.19. The van der Waals surface area contributed by atoms with Crippen molar-refractivity contribution >= 4 is 42.0 Å². The number of benzene rings is 1. The zero-order valence-electron chi connectivity index (χ0n) is 12.0. The van der Waals surface area contributed by atoms with Gasteiger partial charge in [0.1, 0.15) is 5.15 Å². The van der Waals surface area contributed by atoms with Gasteiger partial charge in [-0.15, -0.1) is 0 Å². The number of hydrogen-bond acceptors (Lipinski definition) is 4. The molecule has 1 aromatic heterocycles. The van der Waals surface area contributed by atoms with Crippen LogP contribution in [0.25, 0.3) is 12.8 Å². The van der Waals surface area contributed by atoms with E-state index in [2.05, 4.69) is 16.6 Å². The van der Waals surface area contributed by atoms with Crippen molar-refractivity contribution in [2.75, 3.05) is 24.7 Å². The fraction of sp³-hybridized carbons (Fsp3) is 0.125. The van der Waals surface area contributed by atoms with Gasteiger partial charge in [0.15, 0.2) is 0 Å². The van der Waals surface area contributed by atoms with Crippen molar-refractivity contribution < 1.29 is 0 Å². The fourth-order valence-corrected chi connectivity index (χ4v) is 2.08. The van der Waals surface area contributed by atoms with Crippen molar-refractivity contribution in [1.82, 2.24) is 4.98 Å². The van der Waals surface area contributed by atoms with Crippen LogP contribution in [0.15, 0.2) is 35.3 Å². The molecular weight excluding hydrogens is 284 g/mol. The van der Waals surface area contributed by atoms with Crippen LogP contribution in [0.5, 0.6) is 0 Å². The van der Waals surface area contributed by atoms with Gasteiger partial charge in [-0.1, -0.05) is 18.2 Å². The Labute approximate surface area is 128 Å². The summed E-state index contributed by atoms with van der Waals surface area (Å²) >= 11 is 5.84. The maximum Gasteiger partial charge on any atom is 0.129 e. The molecule has 0 aliphatic heterocycles. The van der Waals surface area contributed by atoms with Crippen molar-refractivity contribution in [3.63, 3.8) is 0 Å². The highest BCUT2D eigenvalue weighted by atomic mass is 35.5. The number of halogens is 1. The molecule has 21 heavy (non-hydrogen) atoms. The van der Waals surface area contributed by atoms with Crippen LogP contribution in [0.1, 0.15) is 5.56 Å². The first-order valence-corrected chi connectivity index (χ1v) is 6.77. The second-order valence-electron chi connectivity index (χ2n) is 4.61. The van der Waals surface area contributed by atoms with Crippen LogP contribution in [-0.4, -0.2) is 25.3 Å². The molecule has 2 aromatic rings. The predicted octanol–water partition coefficient (Wildman–Crippen LogP) is 1.65. The van der Waals surface area contributed by atoms with E-state index < -0.39 is 0 Å². The number of aromatic nitrogens is 1. The van der Waals surface area contributed by atoms with Gasteiger partial charge < -0.3 is 10.6 Å². The number of nitrogens with two attached hydrogens (primary N) is 1. The molecule has 0 aliphatic rings. The summed E-state index contributed by atoms with van der Waals surface area (Å²) in [6.07, 6.45) is 3.69. The monoisotopic (exact) mass is 300 g/mol. The van der Waals surface area contributed by atoms with E-state index in [-0.39, 0.29) is 0 Å². The maximum atomic E-state index is 5.91. The molecule has 1 heterocycles. The summed E-state index contributed by atoms with van der Waals surface area (Å²) in [6.45, 7) is 3.89. The quantitative estimate of drug-likeness (QED) is 0.533. The number of aliphatic imine (C=N–C) groups is 1. The lowest BCUT2D eigenvalue weighted by atomic mass is 10.1. The van der Waals surface area contributed by atoms with E-state index in [1.807, 2.05) is 42.4 Å². The fourth-order valence-electron chi connectivity index (χ4n) is 1.92. The van der Waals surface area contributed by atoms with Crippen LogP contribution >= 0.6 is 11.6 Å². The van der Waals surface area contributed by atoms with Crippen molar-refractivity contribution in [2.24, 2.45) is 4.99 Å². The summed E-state index contributed by atoms with van der Waals surface area (Å²) in [5.74, 6) is 0. The van der Waals surface area contributed by atoms with E-state index in [1.165, 1.54) is 0 Å². The van der Waals surface area contributed by atoms with Gasteiger partial charge in [0.25, 0.3) is 0 Å². The molecule has 2 rings (SSSR count). The molecule has 0 fully saturated rings. The lowest BCUT2D eigenvalue weighted by Gasteiger charge is -2.15. The van der Waals surface area contributed by atoms with Crippen LogP contribution in [0.3, 0.4) is 0 Å². The Balaban J connectivity index is 2.42. The lowest BCUT2D eigenvalue weighted by molar-refractivity contribution is 1.20. The molecule has 2 N–H and O–H groups in total. The summed E-state index contributed by atoms with van der Waals surface area (Å²) < 4.78 is 0. The smallest absolute Gasteiger partial charge is 0.129 e. The Bertz CT molecular complexity index is 783. The number of nitrogen functional groups attached to an aromatic ring is 1. The van der Waals surface area contributed by atoms with Crippen molar-refractivity contribution in [3.8, 4) is 0 Å². The Morgan fingerprint density at radius 2 is 2.10 bits per heavy atom. The van der Waals surface area contributed by atoms with Gasteiger partial charge in [-0.05, 0) is 30.3 Å². The first kappa shape index (κ1) is 15.1. The molecule has 5 heteroatoms. The summed E-state index contributed by atoms with van der Waals surface area (Å²) in [6, 6.07) is 9.42. The van der Waals surface area contributed by atoms with Gasteiger partial charge in [0.2, 0.25) is 0 Å². The number of anilines is 2. The van der Waals surface area contributed by atoms with E-state index in [4.69, 9.17) is 17.3 Å². The van der Waals surface area contributed by atoms with Crippen LogP contribution < -0.4 is 21.2 Å². The van der Waals surface area contributed by atoms with Gasteiger partial charge in [-0.3, -0.25) is 4.99 Å². The molecule has 0 saturated carbocycles. The van der Waals surface area contributed by atoms with E-state index >= 15 is 0 Å². The molecule has 0 amide bonds. The molecule has 4 nitrogen and oxygen atoms in total. The molecule has 108 valence electrons. The Kier molecular flexibility index (Phi) is 4.60. The topological polar surface area (TPSA) is 54.5 Å². The third-order valence-corrected chi connectivity index (χ3v) is 3.26. The number of pyridine rings is 1. The van der Waals surface area contributed by atoms with Crippen LogP contribution in [0.2, 0.25) is 5.15 Å². The average molecular weight is 301 g/mol. The minimum absolute atomic E-state index is 0.439. The van der Waals surface area contributed by atoms with Gasteiger partial charge in [0, 0.05) is 48.7 Å². The van der Waals surface area contributed by atoms with Crippen LogP contribution in [0.4, 0.5) is 11.4 Å². The Hall–Kier alpha value is -2.33. The number of rotatable bonds is 3. The molecule has 0 radical (unpaired) electrons. The molecule has 0 bridgehead atoms. The molecule has 0 atom stereocenters. The zero-order valence-corrected chi connectivity index (χ0v) is 12.8. The first-order valence-electron chi connectivity index (χ1n) is 6.39. The van der Waals surface area contributed by atoms with Gasteiger partial charge in [-0.2, -0.15) is 0 Å². The van der Waals surface area contributed by atoms with Crippen molar-refractivity contribution in [3.05, 3.63) is 51.6 Å². The number of hydrogen-bond donors (Lipinski definition) is 1. The van der Waals surface area contributed by atoms with Gasteiger partial charge in [0.05, 0.1) is 5.35 Å². The lowest BCUT2D eigenvalue weighted by Crippen LogP contribution is -2.29. The Morgan fingerprint density at radius 3 is 2.76 bits per heavy atom. The van der Waals surface area contributed by atoms with E-state index in [0.717, 1.165) is 16.5 Å². The normalized spacial score (nSPS) is 12.0. The SMILES string of the molecule is C=c1nc(Cl)cc/c1=C/N(C)c1ccc(N)c(C=NC)c1. The predicted molar refractivity (Wildman–Crippen MR) is 91.3 cm³/mol. The largest absolute Gasteiger partial charge is 0.398 e. The first-order chi connectivity index (χ1) is 10.0. The minimum Gasteiger partial charge on any atom is -0.398 e. The summed E-state index contributed by atoms with van der Waals surface area (Å²) in [7, 11) is 3.67. The molecule has 1 aromatic carbocycles. The third kappa shape index (κ3) is 3.61. The molecular formula is C16H17ClN4. The summed E-state index contributed by atoms with van der Waals surface area (Å²) in [5, 5.41) is 1.98. The molecule has 0 saturated heterocycles. The molecule has 0 spiro atoms. The highest BCUT2D eigenvalue weighted by molar-refractivity contribution is 6.29. The zero-order chi connectivity index (χ0) is 15.4. The maximum absolute atomic E-state index is 5.91. The van der Waals surface area contributed by atoms with Crippen molar-refractivity contribution in [2.45, 2.75) is 0 Å². The molecule has 0 aliphatic carbocycles. The summed E-state index contributed by atoms with van der Waals surface area (Å²) in [5.41, 5.74) is 8.49. The second-order valence-corrected chi connectivity index (χ2v) is 5.00. The van der Waals surface area contributed by atoms with Crippen LogP contribution in [-0.2, 0) is 0 Å². The van der Waals surface area contributed by atoms with E-state index in [9.17, 15) is 0 Å². The number of nitrogens with zero attached hydrogens (tertiary/aromatic N) is 3. The minimum atomic E-state index is 0.439. The van der Waals surface area contributed by atoms with E-state index in [1.54, 1.807) is 19.3 Å². The Morgan fingerprint density at radius 1 is 1.33 bits per heavy atom. The standard InChI is InChI=1S/C16H17ClN4/c1-11-12(4-7-16(17)20-11)10-21(3)14-5-6-15(18)13(8-14)9-19-2/h4-10H,1,18H2,2-3H3/b12-10-,19-9?. The average Bonchev–Trinajstić information content (AvgIpc) is 2.44. The second kappa shape index (κ2) is 6.41.